The summed E-state index contributed by atoms with van der Waals surface area (Å²) in [7, 11) is -3.28. The summed E-state index contributed by atoms with van der Waals surface area (Å²) in [5.74, 6) is 0. The van der Waals surface area contributed by atoms with Crippen LogP contribution in [0.2, 0.25) is 0 Å². The molecule has 0 spiro atoms. The number of hydrogen-bond acceptors (Lipinski definition) is 3. The lowest BCUT2D eigenvalue weighted by Gasteiger charge is -2.12. The molecule has 1 fully saturated rings. The second kappa shape index (κ2) is 4.18. The molecule has 0 aromatic rings. The Morgan fingerprint density at radius 3 is 2.83 bits per heavy atom. The molecule has 0 aliphatic carbocycles. The minimum absolute atomic E-state index is 0.0888. The first kappa shape index (κ1) is 9.91. The maximum Gasteiger partial charge on any atom is 0.278 e. The van der Waals surface area contributed by atoms with Gasteiger partial charge in [0.1, 0.15) is 0 Å². The zero-order valence-corrected chi connectivity index (χ0v) is 7.95. The van der Waals surface area contributed by atoms with Crippen molar-refractivity contribution in [2.45, 2.75) is 25.9 Å². The van der Waals surface area contributed by atoms with Crippen LogP contribution in [0.4, 0.5) is 0 Å². The van der Waals surface area contributed by atoms with Gasteiger partial charge < -0.3 is 5.32 Å². The molecule has 1 unspecified atom stereocenters. The molecule has 1 heterocycles. The number of rotatable bonds is 4. The van der Waals surface area contributed by atoms with Crippen LogP contribution in [0.5, 0.6) is 0 Å². The van der Waals surface area contributed by atoms with Gasteiger partial charge in [0.15, 0.2) is 0 Å². The Kier molecular flexibility index (Phi) is 3.45. The van der Waals surface area contributed by atoms with Gasteiger partial charge in [-0.1, -0.05) is 6.92 Å². The van der Waals surface area contributed by atoms with E-state index in [4.69, 9.17) is 0 Å². The van der Waals surface area contributed by atoms with Gasteiger partial charge in [-0.3, -0.25) is 0 Å². The molecule has 0 saturated carbocycles. The van der Waals surface area contributed by atoms with Crippen LogP contribution >= 0.6 is 0 Å². The first-order valence-corrected chi connectivity index (χ1v) is 5.62. The Labute approximate surface area is 73.1 Å². The molecule has 0 amide bonds. The molecule has 12 heavy (non-hydrogen) atoms. The van der Waals surface area contributed by atoms with Crippen LogP contribution in [-0.2, 0) is 10.2 Å². The van der Waals surface area contributed by atoms with Crippen LogP contribution in [0.1, 0.15) is 19.8 Å². The van der Waals surface area contributed by atoms with Crippen molar-refractivity contribution < 1.29 is 8.42 Å². The van der Waals surface area contributed by atoms with Crippen LogP contribution in [-0.4, -0.2) is 27.7 Å². The van der Waals surface area contributed by atoms with Crippen LogP contribution in [0.15, 0.2) is 0 Å². The van der Waals surface area contributed by atoms with Gasteiger partial charge >= 0.3 is 0 Å². The van der Waals surface area contributed by atoms with Crippen LogP contribution in [0.25, 0.3) is 0 Å². The normalized spacial score (nSPS) is 24.6. The highest BCUT2D eigenvalue weighted by molar-refractivity contribution is 7.87. The molecule has 0 aromatic heterocycles. The average molecular weight is 193 g/mol. The van der Waals surface area contributed by atoms with E-state index >= 15 is 0 Å². The molecule has 3 N–H and O–H groups in total. The van der Waals surface area contributed by atoms with E-state index in [1.807, 2.05) is 0 Å². The predicted molar refractivity (Wildman–Crippen MR) is 46.8 cm³/mol. The number of hydrogen-bond donors (Lipinski definition) is 3. The van der Waals surface area contributed by atoms with Gasteiger partial charge in [-0.05, 0) is 19.4 Å². The molecule has 0 radical (unpaired) electrons. The van der Waals surface area contributed by atoms with E-state index in [9.17, 15) is 8.42 Å². The molecule has 1 saturated heterocycles. The molecule has 6 heteroatoms. The van der Waals surface area contributed by atoms with Gasteiger partial charge in [-0.25, -0.2) is 4.72 Å². The van der Waals surface area contributed by atoms with Gasteiger partial charge in [0.05, 0.1) is 6.17 Å². The van der Waals surface area contributed by atoms with Crippen LogP contribution in [0.3, 0.4) is 0 Å². The second-order valence-electron chi connectivity index (χ2n) is 2.77. The van der Waals surface area contributed by atoms with E-state index in [0.717, 1.165) is 19.4 Å². The fourth-order valence-electron chi connectivity index (χ4n) is 1.20. The van der Waals surface area contributed by atoms with Crippen LogP contribution < -0.4 is 14.8 Å². The minimum atomic E-state index is -3.28. The maximum atomic E-state index is 11.1. The first-order valence-electron chi connectivity index (χ1n) is 4.14. The van der Waals surface area contributed by atoms with E-state index in [0.29, 0.717) is 6.54 Å². The SMILES string of the molecule is CCNS(=O)(=O)NC1CCCN1. The fourth-order valence-corrected chi connectivity index (χ4v) is 2.24. The molecular formula is C6H15N3O2S. The molecule has 1 aliphatic heterocycles. The van der Waals surface area contributed by atoms with E-state index in [1.54, 1.807) is 6.92 Å². The Hall–Kier alpha value is -0.170. The Balaban J connectivity index is 2.38. The number of nitrogens with one attached hydrogen (secondary N) is 3. The Morgan fingerprint density at radius 1 is 1.58 bits per heavy atom. The molecule has 1 aliphatic rings. The topological polar surface area (TPSA) is 70.2 Å². The van der Waals surface area contributed by atoms with Gasteiger partial charge in [0, 0.05) is 6.54 Å². The zero-order valence-electron chi connectivity index (χ0n) is 7.13. The molecule has 72 valence electrons. The standard InChI is InChI=1S/C6H15N3O2S/c1-2-8-12(10,11)9-6-4-3-5-7-6/h6-9H,2-5H2,1H3. The van der Waals surface area contributed by atoms with Crippen molar-refractivity contribution in [2.75, 3.05) is 13.1 Å². The van der Waals surface area contributed by atoms with Crippen molar-refractivity contribution in [1.29, 1.82) is 0 Å². The van der Waals surface area contributed by atoms with Crippen molar-refractivity contribution in [3.05, 3.63) is 0 Å². The summed E-state index contributed by atoms with van der Waals surface area (Å²) in [6.45, 7) is 3.06. The lowest BCUT2D eigenvalue weighted by Crippen LogP contribution is -2.46. The van der Waals surface area contributed by atoms with E-state index in [1.165, 1.54) is 0 Å². The van der Waals surface area contributed by atoms with Crippen molar-refractivity contribution in [1.82, 2.24) is 14.8 Å². The minimum Gasteiger partial charge on any atom is -0.301 e. The molecule has 0 aromatic carbocycles. The van der Waals surface area contributed by atoms with E-state index < -0.39 is 10.2 Å². The second-order valence-corrected chi connectivity index (χ2v) is 4.30. The first-order chi connectivity index (χ1) is 5.64. The predicted octanol–water partition coefficient (Wildman–Crippen LogP) is -0.860. The van der Waals surface area contributed by atoms with Gasteiger partial charge in [-0.2, -0.15) is 13.1 Å². The van der Waals surface area contributed by atoms with Gasteiger partial charge in [0.25, 0.3) is 10.2 Å². The summed E-state index contributed by atoms with van der Waals surface area (Å²) < 4.78 is 27.1. The zero-order chi connectivity index (χ0) is 9.03. The molecule has 1 rings (SSSR count). The summed E-state index contributed by atoms with van der Waals surface area (Å²) in [6, 6.07) is 0. The molecular weight excluding hydrogens is 178 g/mol. The van der Waals surface area contributed by atoms with Gasteiger partial charge in [-0.15, -0.1) is 0 Å². The summed E-state index contributed by atoms with van der Waals surface area (Å²) in [4.78, 5) is 0. The summed E-state index contributed by atoms with van der Waals surface area (Å²) in [5, 5.41) is 3.04. The molecule has 1 atom stereocenters. The third-order valence-electron chi connectivity index (χ3n) is 1.69. The van der Waals surface area contributed by atoms with Gasteiger partial charge in [0.2, 0.25) is 0 Å². The largest absolute Gasteiger partial charge is 0.301 e. The highest BCUT2D eigenvalue weighted by atomic mass is 32.2. The van der Waals surface area contributed by atoms with Crippen molar-refractivity contribution >= 4 is 10.2 Å². The Morgan fingerprint density at radius 2 is 2.33 bits per heavy atom. The molecule has 0 bridgehead atoms. The summed E-state index contributed by atoms with van der Waals surface area (Å²) in [5.41, 5.74) is 0. The van der Waals surface area contributed by atoms with Crippen molar-refractivity contribution in [3.8, 4) is 0 Å². The van der Waals surface area contributed by atoms with E-state index in [2.05, 4.69) is 14.8 Å². The average Bonchev–Trinajstić information content (AvgIpc) is 2.38. The van der Waals surface area contributed by atoms with Crippen LogP contribution in [0, 0.1) is 0 Å². The van der Waals surface area contributed by atoms with E-state index in [-0.39, 0.29) is 6.17 Å². The summed E-state index contributed by atoms with van der Waals surface area (Å²) in [6.07, 6.45) is 1.80. The quantitative estimate of drug-likeness (QED) is 0.544. The van der Waals surface area contributed by atoms with Crippen molar-refractivity contribution in [2.24, 2.45) is 0 Å². The smallest absolute Gasteiger partial charge is 0.278 e. The lowest BCUT2D eigenvalue weighted by atomic mass is 10.3. The summed E-state index contributed by atoms with van der Waals surface area (Å²) >= 11 is 0. The lowest BCUT2D eigenvalue weighted by molar-refractivity contribution is 0.521. The fraction of sp³-hybridized carbons (Fsp3) is 1.00. The van der Waals surface area contributed by atoms with Crippen molar-refractivity contribution in [3.63, 3.8) is 0 Å². The highest BCUT2D eigenvalue weighted by Crippen LogP contribution is 2.01. The maximum absolute atomic E-state index is 11.1. The third-order valence-corrected chi connectivity index (χ3v) is 2.96. The third kappa shape index (κ3) is 3.06. The Bertz CT molecular complexity index is 221. The highest BCUT2D eigenvalue weighted by Gasteiger charge is 2.19. The monoisotopic (exact) mass is 193 g/mol. The molecule has 5 nitrogen and oxygen atoms in total.